The Balaban J connectivity index is 1.42. The largest absolute Gasteiger partial charge is 0.384 e. The fraction of sp³-hybridized carbons (Fsp3) is 0.619. The molecule has 29 heavy (non-hydrogen) atoms. The Morgan fingerprint density at radius 1 is 1.14 bits per heavy atom. The van der Waals surface area contributed by atoms with Crippen LogP contribution in [0, 0.1) is 11.8 Å². The highest BCUT2D eigenvalue weighted by atomic mass is 32.2. The van der Waals surface area contributed by atoms with E-state index in [0.29, 0.717) is 32.0 Å². The second-order valence-corrected chi connectivity index (χ2v) is 10.1. The minimum absolute atomic E-state index is 0.00516. The molecule has 0 aromatic heterocycles. The summed E-state index contributed by atoms with van der Waals surface area (Å²) in [5.41, 5.74) is 0. The normalized spacial score (nSPS) is 21.0. The summed E-state index contributed by atoms with van der Waals surface area (Å²) in [5.74, 6) is 0.578. The van der Waals surface area contributed by atoms with Crippen molar-refractivity contribution in [1.29, 1.82) is 0 Å². The first-order valence-electron chi connectivity index (χ1n) is 10.2. The summed E-state index contributed by atoms with van der Waals surface area (Å²) in [4.78, 5) is 28.6. The molecular weight excluding hydrogens is 392 g/mol. The van der Waals surface area contributed by atoms with Gasteiger partial charge in [-0.2, -0.15) is 0 Å². The fourth-order valence-corrected chi connectivity index (χ4v) is 5.43. The van der Waals surface area contributed by atoms with Crippen molar-refractivity contribution in [1.82, 2.24) is 9.80 Å². The molecule has 1 atom stereocenters. The molecule has 3 rings (SSSR count). The van der Waals surface area contributed by atoms with Crippen molar-refractivity contribution in [2.24, 2.45) is 11.8 Å². The number of carbonyl (C=O) groups is 2. The number of piperidine rings is 1. The van der Waals surface area contributed by atoms with Gasteiger partial charge in [-0.1, -0.05) is 18.2 Å². The third kappa shape index (κ3) is 5.79. The number of methoxy groups -OCH3 is 1. The lowest BCUT2D eigenvalue weighted by Gasteiger charge is -2.34. The summed E-state index contributed by atoms with van der Waals surface area (Å²) >= 11 is 0. The lowest BCUT2D eigenvalue weighted by Crippen LogP contribution is -2.42. The standard InChI is InChI=1S/C21H30N2O5S/c1-28-16-18-13-21(25)23(15-18)14-17-7-10-22(11-8-17)20(24)9-12-29(26,27)19-5-3-2-4-6-19/h2-6,17-18H,7-16H2,1H3. The van der Waals surface area contributed by atoms with Gasteiger partial charge in [0.15, 0.2) is 9.84 Å². The molecule has 1 unspecified atom stereocenters. The zero-order valence-corrected chi connectivity index (χ0v) is 17.8. The number of ether oxygens (including phenoxy) is 1. The fourth-order valence-electron chi connectivity index (χ4n) is 4.18. The molecule has 0 spiro atoms. The molecule has 1 aromatic carbocycles. The molecule has 0 bridgehead atoms. The van der Waals surface area contributed by atoms with Crippen LogP contribution in [-0.2, 0) is 24.2 Å². The lowest BCUT2D eigenvalue weighted by atomic mass is 9.96. The summed E-state index contributed by atoms with van der Waals surface area (Å²) < 4.78 is 29.9. The number of benzene rings is 1. The molecule has 0 radical (unpaired) electrons. The van der Waals surface area contributed by atoms with Gasteiger partial charge in [0.25, 0.3) is 0 Å². The van der Waals surface area contributed by atoms with E-state index in [1.807, 2.05) is 4.90 Å². The van der Waals surface area contributed by atoms with Gasteiger partial charge in [-0.15, -0.1) is 0 Å². The quantitative estimate of drug-likeness (QED) is 0.635. The number of likely N-dealkylation sites (tertiary alicyclic amines) is 2. The second-order valence-electron chi connectivity index (χ2n) is 8.03. The molecule has 160 valence electrons. The molecular formula is C21H30N2O5S. The monoisotopic (exact) mass is 422 g/mol. The predicted molar refractivity (Wildman–Crippen MR) is 109 cm³/mol. The Kier molecular flexibility index (Phi) is 7.29. The van der Waals surface area contributed by atoms with Crippen LogP contribution in [0.1, 0.15) is 25.7 Å². The first-order valence-corrected chi connectivity index (χ1v) is 11.9. The first-order chi connectivity index (χ1) is 13.9. The van der Waals surface area contributed by atoms with Crippen molar-refractivity contribution >= 4 is 21.7 Å². The Morgan fingerprint density at radius 3 is 2.48 bits per heavy atom. The second kappa shape index (κ2) is 9.71. The van der Waals surface area contributed by atoms with Gasteiger partial charge in [0.2, 0.25) is 11.8 Å². The van der Waals surface area contributed by atoms with Crippen LogP contribution in [0.15, 0.2) is 35.2 Å². The van der Waals surface area contributed by atoms with Crippen molar-refractivity contribution in [2.45, 2.75) is 30.6 Å². The maximum atomic E-state index is 12.5. The molecule has 8 heteroatoms. The van der Waals surface area contributed by atoms with Crippen LogP contribution >= 0.6 is 0 Å². The molecule has 2 amide bonds. The number of rotatable bonds is 8. The molecule has 2 saturated heterocycles. The van der Waals surface area contributed by atoms with Crippen LogP contribution in [0.2, 0.25) is 0 Å². The Bertz CT molecular complexity index is 804. The highest BCUT2D eigenvalue weighted by Gasteiger charge is 2.32. The van der Waals surface area contributed by atoms with Crippen LogP contribution < -0.4 is 0 Å². The van der Waals surface area contributed by atoms with Crippen molar-refractivity contribution in [2.75, 3.05) is 45.6 Å². The SMILES string of the molecule is COCC1CC(=O)N(CC2CCN(C(=O)CCS(=O)(=O)c3ccccc3)CC2)C1. The van der Waals surface area contributed by atoms with Crippen LogP contribution in [0.4, 0.5) is 0 Å². The van der Waals surface area contributed by atoms with E-state index in [-0.39, 0.29) is 34.8 Å². The van der Waals surface area contributed by atoms with Gasteiger partial charge >= 0.3 is 0 Å². The molecule has 2 aliphatic heterocycles. The van der Waals surface area contributed by atoms with E-state index in [1.54, 1.807) is 42.3 Å². The van der Waals surface area contributed by atoms with Crippen LogP contribution in [0.5, 0.6) is 0 Å². The Morgan fingerprint density at radius 2 is 1.83 bits per heavy atom. The number of amides is 2. The Labute approximate surface area is 172 Å². The van der Waals surface area contributed by atoms with Crippen LogP contribution in [0.3, 0.4) is 0 Å². The number of hydrogen-bond acceptors (Lipinski definition) is 5. The molecule has 0 saturated carbocycles. The topological polar surface area (TPSA) is 84.0 Å². The van der Waals surface area contributed by atoms with Crippen molar-refractivity contribution in [3.63, 3.8) is 0 Å². The van der Waals surface area contributed by atoms with Gasteiger partial charge in [0.05, 0.1) is 17.3 Å². The summed E-state index contributed by atoms with van der Waals surface area (Å²) in [7, 11) is -1.78. The van der Waals surface area contributed by atoms with Gasteiger partial charge in [-0.25, -0.2) is 8.42 Å². The average molecular weight is 423 g/mol. The van der Waals surface area contributed by atoms with E-state index in [2.05, 4.69) is 0 Å². The summed E-state index contributed by atoms with van der Waals surface area (Å²) in [6.45, 7) is 3.35. The zero-order chi connectivity index (χ0) is 20.9. The van der Waals surface area contributed by atoms with E-state index in [0.717, 1.165) is 25.9 Å². The van der Waals surface area contributed by atoms with E-state index >= 15 is 0 Å². The predicted octanol–water partition coefficient (Wildman–Crippen LogP) is 1.58. The summed E-state index contributed by atoms with van der Waals surface area (Å²) in [6.07, 6.45) is 2.25. The average Bonchev–Trinajstić information content (AvgIpc) is 3.06. The number of hydrogen-bond donors (Lipinski definition) is 0. The van der Waals surface area contributed by atoms with Gasteiger partial charge < -0.3 is 14.5 Å². The molecule has 0 N–H and O–H groups in total. The van der Waals surface area contributed by atoms with Gasteiger partial charge in [0.1, 0.15) is 0 Å². The number of sulfone groups is 1. The third-order valence-electron chi connectivity index (χ3n) is 5.83. The molecule has 7 nitrogen and oxygen atoms in total. The van der Waals surface area contributed by atoms with E-state index in [9.17, 15) is 18.0 Å². The third-order valence-corrected chi connectivity index (χ3v) is 7.56. The minimum Gasteiger partial charge on any atom is -0.384 e. The highest BCUT2D eigenvalue weighted by Crippen LogP contribution is 2.24. The minimum atomic E-state index is -3.44. The van der Waals surface area contributed by atoms with Gasteiger partial charge in [-0.3, -0.25) is 9.59 Å². The molecule has 0 aliphatic carbocycles. The van der Waals surface area contributed by atoms with Gasteiger partial charge in [-0.05, 0) is 30.9 Å². The zero-order valence-electron chi connectivity index (χ0n) is 17.0. The summed E-state index contributed by atoms with van der Waals surface area (Å²) in [6, 6.07) is 8.25. The smallest absolute Gasteiger partial charge is 0.223 e. The molecule has 2 fully saturated rings. The van der Waals surface area contributed by atoms with E-state index in [4.69, 9.17) is 4.74 Å². The first kappa shape index (κ1) is 21.8. The van der Waals surface area contributed by atoms with E-state index < -0.39 is 9.84 Å². The molecule has 2 heterocycles. The Hall–Kier alpha value is -1.93. The number of nitrogens with zero attached hydrogens (tertiary/aromatic N) is 2. The molecule has 1 aromatic rings. The van der Waals surface area contributed by atoms with Crippen LogP contribution in [0.25, 0.3) is 0 Å². The summed E-state index contributed by atoms with van der Waals surface area (Å²) in [5, 5.41) is 0. The highest BCUT2D eigenvalue weighted by molar-refractivity contribution is 7.91. The maximum absolute atomic E-state index is 12.5. The van der Waals surface area contributed by atoms with Gasteiger partial charge in [0, 0.05) is 52.0 Å². The number of carbonyl (C=O) groups excluding carboxylic acids is 2. The van der Waals surface area contributed by atoms with Crippen LogP contribution in [-0.4, -0.2) is 75.7 Å². The van der Waals surface area contributed by atoms with Crippen molar-refractivity contribution in [3.8, 4) is 0 Å². The van der Waals surface area contributed by atoms with Crippen molar-refractivity contribution < 1.29 is 22.7 Å². The molecule has 2 aliphatic rings. The van der Waals surface area contributed by atoms with Crippen molar-refractivity contribution in [3.05, 3.63) is 30.3 Å². The lowest BCUT2D eigenvalue weighted by molar-refractivity contribution is -0.133. The maximum Gasteiger partial charge on any atom is 0.223 e. The van der Waals surface area contributed by atoms with E-state index in [1.165, 1.54) is 0 Å².